The number of phenolic OH excluding ortho intramolecular Hbond substituents is 1. The molecule has 0 fully saturated rings. The van der Waals surface area contributed by atoms with Gasteiger partial charge in [-0.25, -0.2) is 8.42 Å². The molecule has 1 atom stereocenters. The molecule has 0 aliphatic heterocycles. The van der Waals surface area contributed by atoms with E-state index in [-0.39, 0.29) is 39.0 Å². The molecule has 2 aromatic carbocycles. The number of hydrogen-bond acceptors (Lipinski definition) is 6. The van der Waals surface area contributed by atoms with Crippen LogP contribution in [0.1, 0.15) is 29.3 Å². The number of aromatic hydroxyl groups is 1. The number of hydrogen-bond donors (Lipinski definition) is 3. The van der Waals surface area contributed by atoms with E-state index in [1.165, 1.54) is 30.6 Å². The monoisotopic (exact) mass is 487 g/mol. The highest BCUT2D eigenvalue weighted by molar-refractivity contribution is 7.92. The third-order valence-electron chi connectivity index (χ3n) is 4.87. The largest absolute Gasteiger partial charge is 0.506 e. The summed E-state index contributed by atoms with van der Waals surface area (Å²) < 4.78 is 26.0. The van der Waals surface area contributed by atoms with Crippen molar-refractivity contribution in [2.75, 3.05) is 10.6 Å². The van der Waals surface area contributed by atoms with Gasteiger partial charge in [0.25, 0.3) is 5.91 Å². The topological polar surface area (TPSA) is 125 Å². The third kappa shape index (κ3) is 5.50. The zero-order valence-corrected chi connectivity index (χ0v) is 19.4. The zero-order valence-electron chi connectivity index (χ0n) is 17.9. The molecule has 0 radical (unpaired) electrons. The van der Waals surface area contributed by atoms with Gasteiger partial charge in [0, 0.05) is 18.5 Å². The van der Waals surface area contributed by atoms with Crippen LogP contribution in [0, 0.1) is 6.92 Å². The van der Waals surface area contributed by atoms with Crippen molar-refractivity contribution in [1.82, 2.24) is 4.98 Å². The maximum Gasteiger partial charge on any atom is 0.257 e. The maximum atomic E-state index is 13.0. The number of halogens is 1. The van der Waals surface area contributed by atoms with Crippen LogP contribution < -0.4 is 10.6 Å². The molecule has 3 aromatic rings. The molecule has 0 bridgehead atoms. The molecule has 1 heterocycles. The fraction of sp³-hybridized carbons (Fsp3) is 0.174. The Bertz CT molecular complexity index is 1300. The van der Waals surface area contributed by atoms with Gasteiger partial charge in [-0.3, -0.25) is 14.6 Å². The van der Waals surface area contributed by atoms with Crippen molar-refractivity contribution in [3.63, 3.8) is 0 Å². The summed E-state index contributed by atoms with van der Waals surface area (Å²) in [6.45, 7) is 3.35. The molecule has 0 saturated carbocycles. The van der Waals surface area contributed by atoms with E-state index in [2.05, 4.69) is 15.6 Å². The van der Waals surface area contributed by atoms with Crippen LogP contribution in [0.15, 0.2) is 65.8 Å². The lowest BCUT2D eigenvalue weighted by Crippen LogP contribution is -2.34. The Kier molecular flexibility index (Phi) is 7.35. The number of sulfone groups is 1. The van der Waals surface area contributed by atoms with E-state index in [1.54, 1.807) is 38.1 Å². The quantitative estimate of drug-likeness (QED) is 0.429. The predicted molar refractivity (Wildman–Crippen MR) is 126 cm³/mol. The molecule has 33 heavy (non-hydrogen) atoms. The average molecular weight is 488 g/mol. The maximum absolute atomic E-state index is 13.0. The highest BCUT2D eigenvalue weighted by atomic mass is 35.5. The Labute approximate surface area is 196 Å². The molecule has 0 aliphatic carbocycles. The van der Waals surface area contributed by atoms with Crippen LogP contribution in [0.2, 0.25) is 5.02 Å². The van der Waals surface area contributed by atoms with Gasteiger partial charge in [-0.1, -0.05) is 30.7 Å². The van der Waals surface area contributed by atoms with Crippen LogP contribution in [0.3, 0.4) is 0 Å². The number of amides is 2. The SMILES string of the molecule is CCC(C(=O)Nc1cc(O)c(NC(=O)c2cccnc2)cc1Cl)S(=O)(=O)c1cccc(C)c1. The Morgan fingerprint density at radius 2 is 1.85 bits per heavy atom. The third-order valence-corrected chi connectivity index (χ3v) is 7.39. The highest BCUT2D eigenvalue weighted by Gasteiger charge is 2.33. The molecule has 0 spiro atoms. The molecule has 0 aliphatic rings. The van der Waals surface area contributed by atoms with Crippen LogP contribution in [-0.4, -0.2) is 35.6 Å². The number of benzene rings is 2. The molecule has 1 aromatic heterocycles. The van der Waals surface area contributed by atoms with E-state index >= 15 is 0 Å². The van der Waals surface area contributed by atoms with Crippen molar-refractivity contribution in [1.29, 1.82) is 0 Å². The van der Waals surface area contributed by atoms with Gasteiger partial charge < -0.3 is 15.7 Å². The fourth-order valence-electron chi connectivity index (χ4n) is 3.16. The molecule has 3 N–H and O–H groups in total. The summed E-state index contributed by atoms with van der Waals surface area (Å²) >= 11 is 6.24. The first-order valence-corrected chi connectivity index (χ1v) is 11.9. The van der Waals surface area contributed by atoms with E-state index in [0.29, 0.717) is 0 Å². The Balaban J connectivity index is 1.81. The minimum Gasteiger partial charge on any atom is -0.506 e. The number of anilines is 2. The number of aromatic nitrogens is 1. The first-order chi connectivity index (χ1) is 15.6. The normalized spacial score (nSPS) is 12.1. The van der Waals surface area contributed by atoms with Gasteiger partial charge >= 0.3 is 0 Å². The van der Waals surface area contributed by atoms with E-state index < -0.39 is 26.9 Å². The van der Waals surface area contributed by atoms with E-state index in [1.807, 2.05) is 0 Å². The summed E-state index contributed by atoms with van der Waals surface area (Å²) in [5, 5.41) is 14.0. The van der Waals surface area contributed by atoms with E-state index in [9.17, 15) is 23.1 Å². The number of pyridine rings is 1. The minimum atomic E-state index is -3.95. The van der Waals surface area contributed by atoms with Gasteiger partial charge in [0.05, 0.1) is 26.9 Å². The lowest BCUT2D eigenvalue weighted by atomic mass is 10.2. The molecule has 1 unspecified atom stereocenters. The predicted octanol–water partition coefficient (Wildman–Crippen LogP) is 4.19. The first kappa shape index (κ1) is 24.2. The van der Waals surface area contributed by atoms with Gasteiger partial charge in [-0.15, -0.1) is 0 Å². The minimum absolute atomic E-state index is 0.00504. The molecule has 3 rings (SSSR count). The van der Waals surface area contributed by atoms with E-state index in [0.717, 1.165) is 11.6 Å². The second kappa shape index (κ2) is 10.0. The Morgan fingerprint density at radius 3 is 2.48 bits per heavy atom. The second-order valence-corrected chi connectivity index (χ2v) is 9.83. The fourth-order valence-corrected chi connectivity index (χ4v) is 5.10. The molecule has 2 amide bonds. The molecule has 172 valence electrons. The second-order valence-electron chi connectivity index (χ2n) is 7.29. The van der Waals surface area contributed by atoms with Crippen molar-refractivity contribution in [3.8, 4) is 5.75 Å². The Hall–Kier alpha value is -3.43. The summed E-state index contributed by atoms with van der Waals surface area (Å²) in [5.74, 6) is -1.66. The van der Waals surface area contributed by atoms with Gasteiger partial charge in [0.1, 0.15) is 11.0 Å². The standard InChI is InChI=1S/C23H22ClN3O5S/c1-3-21(33(31,32)16-8-4-6-14(2)10-16)23(30)26-18-12-20(28)19(11-17(18)24)27-22(29)15-7-5-9-25-13-15/h4-13,21,28H,3H2,1-2H3,(H,26,30)(H,27,29). The number of nitrogens with zero attached hydrogens (tertiary/aromatic N) is 1. The number of nitrogens with one attached hydrogen (secondary N) is 2. The van der Waals surface area contributed by atoms with Crippen LogP contribution in [0.25, 0.3) is 0 Å². The number of phenols is 1. The molecule has 0 saturated heterocycles. The van der Waals surface area contributed by atoms with Gasteiger partial charge in [0.15, 0.2) is 9.84 Å². The summed E-state index contributed by atoms with van der Waals surface area (Å²) in [6, 6.07) is 11.9. The lowest BCUT2D eigenvalue weighted by molar-refractivity contribution is -0.115. The molecular weight excluding hydrogens is 466 g/mol. The molecule has 8 nitrogen and oxygen atoms in total. The number of rotatable bonds is 7. The zero-order chi connectivity index (χ0) is 24.2. The van der Waals surface area contributed by atoms with Crippen LogP contribution in [0.5, 0.6) is 5.75 Å². The van der Waals surface area contributed by atoms with Crippen molar-refractivity contribution in [3.05, 3.63) is 77.1 Å². The van der Waals surface area contributed by atoms with Crippen LogP contribution in [-0.2, 0) is 14.6 Å². The first-order valence-electron chi connectivity index (χ1n) is 9.98. The number of carbonyl (C=O) groups is 2. The molecule has 10 heteroatoms. The van der Waals surface area contributed by atoms with Crippen molar-refractivity contribution < 1.29 is 23.1 Å². The number of carbonyl (C=O) groups excluding carboxylic acids is 2. The molecular formula is C23H22ClN3O5S. The number of aryl methyl sites for hydroxylation is 1. The van der Waals surface area contributed by atoms with Gasteiger partial charge in [-0.05, 0) is 49.2 Å². The van der Waals surface area contributed by atoms with Crippen molar-refractivity contribution >= 4 is 44.6 Å². The lowest BCUT2D eigenvalue weighted by Gasteiger charge is -2.18. The summed E-state index contributed by atoms with van der Waals surface area (Å²) in [5.41, 5.74) is 1.06. The van der Waals surface area contributed by atoms with Crippen LogP contribution in [0.4, 0.5) is 11.4 Å². The van der Waals surface area contributed by atoms with Crippen molar-refractivity contribution in [2.24, 2.45) is 0 Å². The van der Waals surface area contributed by atoms with Crippen molar-refractivity contribution in [2.45, 2.75) is 30.4 Å². The summed E-state index contributed by atoms with van der Waals surface area (Å²) in [6.07, 6.45) is 2.92. The van der Waals surface area contributed by atoms with Crippen LogP contribution >= 0.6 is 11.6 Å². The smallest absolute Gasteiger partial charge is 0.257 e. The van der Waals surface area contributed by atoms with Gasteiger partial charge in [0.2, 0.25) is 5.91 Å². The average Bonchev–Trinajstić information content (AvgIpc) is 2.78. The van der Waals surface area contributed by atoms with Gasteiger partial charge in [-0.2, -0.15) is 0 Å². The Morgan fingerprint density at radius 1 is 1.09 bits per heavy atom. The summed E-state index contributed by atoms with van der Waals surface area (Å²) in [7, 11) is -3.95. The van der Waals surface area contributed by atoms with E-state index in [4.69, 9.17) is 11.6 Å². The summed E-state index contributed by atoms with van der Waals surface area (Å²) in [4.78, 5) is 29.1. The highest BCUT2D eigenvalue weighted by Crippen LogP contribution is 2.34.